The fourth-order valence-corrected chi connectivity index (χ4v) is 4.41. The van der Waals surface area contributed by atoms with Crippen molar-refractivity contribution in [2.45, 2.75) is 19.5 Å². The van der Waals surface area contributed by atoms with Gasteiger partial charge in [-0.15, -0.1) is 0 Å². The lowest BCUT2D eigenvalue weighted by atomic mass is 9.95. The molecule has 0 spiro atoms. The lowest BCUT2D eigenvalue weighted by Crippen LogP contribution is -2.29. The number of benzene rings is 3. The third-order valence-electron chi connectivity index (χ3n) is 5.71. The molecule has 1 aromatic heterocycles. The minimum Gasteiger partial charge on any atom is -0.322 e. The maximum atomic E-state index is 13.4. The minimum absolute atomic E-state index is 0.175. The molecule has 0 bridgehead atoms. The molecule has 1 amide bonds. The monoisotopic (exact) mass is 465 g/mol. The second-order valence-corrected chi connectivity index (χ2v) is 8.68. The van der Waals surface area contributed by atoms with E-state index in [1.165, 1.54) is 12.1 Å². The fourth-order valence-electron chi connectivity index (χ4n) is 4.11. The number of aromatic amines is 1. The topological polar surface area (TPSA) is 49.0 Å². The first-order valence-corrected chi connectivity index (χ1v) is 10.8. The number of fused-ring (bicyclic) bond motifs is 1. The zero-order valence-electron chi connectivity index (χ0n) is 17.1. The summed E-state index contributed by atoms with van der Waals surface area (Å²) in [7, 11) is 0. The Labute approximate surface area is 194 Å². The standard InChI is InChI=1S/C25H18Cl2FN3O/c1-14-2-6-16(7-3-14)22-21-23(30-29-22)25(32)31(13-15-4-9-18(28)10-5-15)24(21)17-8-11-19(26)20(27)12-17/h2-12,24H,13H2,1H3,(H,29,30). The highest BCUT2D eigenvalue weighted by atomic mass is 35.5. The van der Waals surface area contributed by atoms with E-state index in [1.54, 1.807) is 29.2 Å². The van der Waals surface area contributed by atoms with Crippen molar-refractivity contribution in [3.8, 4) is 11.3 Å². The average molecular weight is 466 g/mol. The van der Waals surface area contributed by atoms with Gasteiger partial charge in [0.15, 0.2) is 0 Å². The summed E-state index contributed by atoms with van der Waals surface area (Å²) in [5, 5.41) is 8.27. The molecule has 7 heteroatoms. The predicted molar refractivity (Wildman–Crippen MR) is 123 cm³/mol. The van der Waals surface area contributed by atoms with E-state index in [0.717, 1.165) is 27.8 Å². The minimum atomic E-state index is -0.424. The molecule has 2 heterocycles. The van der Waals surface area contributed by atoms with Gasteiger partial charge in [-0.2, -0.15) is 5.10 Å². The summed E-state index contributed by atoms with van der Waals surface area (Å²) in [6.07, 6.45) is 0. The van der Waals surface area contributed by atoms with Crippen molar-refractivity contribution in [1.82, 2.24) is 15.1 Å². The number of nitrogens with one attached hydrogen (secondary N) is 1. The normalized spacial score (nSPS) is 15.3. The van der Waals surface area contributed by atoms with Crippen LogP contribution in [0.25, 0.3) is 11.3 Å². The van der Waals surface area contributed by atoms with E-state index < -0.39 is 6.04 Å². The van der Waals surface area contributed by atoms with Gasteiger partial charge in [0.25, 0.3) is 5.91 Å². The van der Waals surface area contributed by atoms with Crippen LogP contribution < -0.4 is 0 Å². The van der Waals surface area contributed by atoms with Crippen LogP contribution in [0, 0.1) is 12.7 Å². The number of nitrogens with zero attached hydrogens (tertiary/aromatic N) is 2. The molecule has 0 fully saturated rings. The van der Waals surface area contributed by atoms with Crippen LogP contribution in [0.1, 0.15) is 38.8 Å². The van der Waals surface area contributed by atoms with Crippen LogP contribution in [-0.4, -0.2) is 21.0 Å². The Morgan fingerprint density at radius 2 is 1.72 bits per heavy atom. The Kier molecular flexibility index (Phi) is 5.24. The van der Waals surface area contributed by atoms with Crippen molar-refractivity contribution in [2.24, 2.45) is 0 Å². The van der Waals surface area contributed by atoms with E-state index in [9.17, 15) is 9.18 Å². The van der Waals surface area contributed by atoms with Crippen molar-refractivity contribution in [2.75, 3.05) is 0 Å². The summed E-state index contributed by atoms with van der Waals surface area (Å²) < 4.78 is 13.4. The number of halogens is 3. The number of amides is 1. The molecular formula is C25H18Cl2FN3O. The highest BCUT2D eigenvalue weighted by Crippen LogP contribution is 2.44. The number of aromatic nitrogens is 2. The lowest BCUT2D eigenvalue weighted by Gasteiger charge is -2.27. The molecule has 0 saturated heterocycles. The van der Waals surface area contributed by atoms with Gasteiger partial charge >= 0.3 is 0 Å². The number of carbonyl (C=O) groups is 1. The summed E-state index contributed by atoms with van der Waals surface area (Å²) in [6.45, 7) is 2.32. The van der Waals surface area contributed by atoms with Crippen molar-refractivity contribution in [1.29, 1.82) is 0 Å². The van der Waals surface area contributed by atoms with E-state index in [0.29, 0.717) is 28.0 Å². The number of rotatable bonds is 4. The Bertz CT molecular complexity index is 1320. The Hall–Kier alpha value is -3.15. The molecule has 1 unspecified atom stereocenters. The van der Waals surface area contributed by atoms with Crippen LogP contribution in [0.2, 0.25) is 10.0 Å². The van der Waals surface area contributed by atoms with Gasteiger partial charge in [-0.25, -0.2) is 4.39 Å². The zero-order valence-corrected chi connectivity index (χ0v) is 18.6. The molecule has 1 aliphatic heterocycles. The Morgan fingerprint density at radius 3 is 2.41 bits per heavy atom. The molecule has 160 valence electrons. The van der Waals surface area contributed by atoms with Crippen molar-refractivity contribution in [3.63, 3.8) is 0 Å². The Balaban J connectivity index is 1.65. The van der Waals surface area contributed by atoms with E-state index in [2.05, 4.69) is 10.2 Å². The van der Waals surface area contributed by atoms with Crippen LogP contribution in [0.5, 0.6) is 0 Å². The predicted octanol–water partition coefficient (Wildman–Crippen LogP) is 6.58. The number of H-pyrrole nitrogens is 1. The molecule has 1 aliphatic rings. The highest BCUT2D eigenvalue weighted by molar-refractivity contribution is 6.42. The van der Waals surface area contributed by atoms with Gasteiger partial charge in [0, 0.05) is 17.7 Å². The van der Waals surface area contributed by atoms with Crippen LogP contribution in [0.15, 0.2) is 66.7 Å². The number of aryl methyl sites for hydroxylation is 1. The Morgan fingerprint density at radius 1 is 1.00 bits per heavy atom. The lowest BCUT2D eigenvalue weighted by molar-refractivity contribution is 0.0730. The summed E-state index contributed by atoms with van der Waals surface area (Å²) in [5.41, 5.74) is 5.64. The number of hydrogen-bond donors (Lipinski definition) is 1. The van der Waals surface area contributed by atoms with Gasteiger partial charge in [-0.05, 0) is 42.3 Å². The number of hydrogen-bond acceptors (Lipinski definition) is 2. The molecule has 5 rings (SSSR count). The summed E-state index contributed by atoms with van der Waals surface area (Å²) in [5.74, 6) is -0.495. The van der Waals surface area contributed by atoms with Gasteiger partial charge < -0.3 is 4.90 Å². The van der Waals surface area contributed by atoms with E-state index in [1.807, 2.05) is 37.3 Å². The molecule has 0 radical (unpaired) electrons. The quantitative estimate of drug-likeness (QED) is 0.370. The SMILES string of the molecule is Cc1ccc(-c2n[nH]c3c2C(c2ccc(Cl)c(Cl)c2)N(Cc2ccc(F)cc2)C3=O)cc1. The van der Waals surface area contributed by atoms with Gasteiger partial charge in [0.05, 0.1) is 21.8 Å². The molecule has 1 atom stereocenters. The van der Waals surface area contributed by atoms with E-state index in [4.69, 9.17) is 23.2 Å². The second-order valence-electron chi connectivity index (χ2n) is 7.86. The van der Waals surface area contributed by atoms with Crippen LogP contribution in [0.4, 0.5) is 4.39 Å². The first-order chi connectivity index (χ1) is 15.4. The number of carbonyl (C=O) groups excluding carboxylic acids is 1. The van der Waals surface area contributed by atoms with Crippen LogP contribution >= 0.6 is 23.2 Å². The average Bonchev–Trinajstić information content (AvgIpc) is 3.32. The van der Waals surface area contributed by atoms with Gasteiger partial charge in [0.1, 0.15) is 11.5 Å². The second kappa shape index (κ2) is 8.08. The van der Waals surface area contributed by atoms with Gasteiger partial charge in [0.2, 0.25) is 0 Å². The van der Waals surface area contributed by atoms with Gasteiger partial charge in [-0.1, -0.05) is 71.2 Å². The van der Waals surface area contributed by atoms with Crippen LogP contribution in [-0.2, 0) is 6.54 Å². The largest absolute Gasteiger partial charge is 0.322 e. The first kappa shape index (κ1) is 20.7. The van der Waals surface area contributed by atoms with Crippen LogP contribution in [0.3, 0.4) is 0 Å². The maximum Gasteiger partial charge on any atom is 0.273 e. The van der Waals surface area contributed by atoms with Crippen molar-refractivity contribution < 1.29 is 9.18 Å². The van der Waals surface area contributed by atoms with Gasteiger partial charge in [-0.3, -0.25) is 9.89 Å². The molecule has 4 nitrogen and oxygen atoms in total. The molecule has 4 aromatic rings. The van der Waals surface area contributed by atoms with Crippen molar-refractivity contribution in [3.05, 3.63) is 111 Å². The molecule has 1 N–H and O–H groups in total. The zero-order chi connectivity index (χ0) is 22.4. The molecule has 0 aliphatic carbocycles. The summed E-state index contributed by atoms with van der Waals surface area (Å²) >= 11 is 12.5. The maximum absolute atomic E-state index is 13.4. The fraction of sp³-hybridized carbons (Fsp3) is 0.120. The third kappa shape index (κ3) is 3.57. The van der Waals surface area contributed by atoms with Crippen molar-refractivity contribution >= 4 is 29.1 Å². The smallest absolute Gasteiger partial charge is 0.273 e. The van der Waals surface area contributed by atoms with E-state index in [-0.39, 0.29) is 11.7 Å². The third-order valence-corrected chi connectivity index (χ3v) is 6.45. The van der Waals surface area contributed by atoms with E-state index >= 15 is 0 Å². The molecular weight excluding hydrogens is 448 g/mol. The first-order valence-electron chi connectivity index (χ1n) is 10.1. The molecule has 0 saturated carbocycles. The summed E-state index contributed by atoms with van der Waals surface area (Å²) in [6, 6.07) is 19.1. The highest BCUT2D eigenvalue weighted by Gasteiger charge is 2.42. The molecule has 32 heavy (non-hydrogen) atoms. The molecule has 3 aromatic carbocycles. The summed E-state index contributed by atoms with van der Waals surface area (Å²) in [4.78, 5) is 15.2.